The third-order valence-corrected chi connectivity index (χ3v) is 5.76. The van der Waals surface area contributed by atoms with Crippen LogP contribution in [-0.2, 0) is 11.2 Å². The Balaban J connectivity index is 1.88. The first-order valence-corrected chi connectivity index (χ1v) is 10.5. The molecule has 0 aliphatic carbocycles. The van der Waals surface area contributed by atoms with Crippen molar-refractivity contribution in [1.29, 1.82) is 0 Å². The van der Waals surface area contributed by atoms with E-state index in [0.29, 0.717) is 55.8 Å². The molecule has 166 valence electrons. The summed E-state index contributed by atoms with van der Waals surface area (Å²) >= 11 is 0. The second-order valence-corrected chi connectivity index (χ2v) is 8.12. The number of carboxylic acids is 1. The van der Waals surface area contributed by atoms with Gasteiger partial charge in [0.1, 0.15) is 17.9 Å². The lowest BCUT2D eigenvalue weighted by atomic mass is 9.97. The van der Waals surface area contributed by atoms with Gasteiger partial charge in [-0.15, -0.1) is 0 Å². The van der Waals surface area contributed by atoms with Gasteiger partial charge in [0.25, 0.3) is 0 Å². The smallest absolute Gasteiger partial charge is 0.341 e. The molecular formula is C23H27NO7. The van der Waals surface area contributed by atoms with E-state index in [4.69, 9.17) is 18.9 Å². The number of carbonyl (C=O) groups is 1. The maximum absolute atomic E-state index is 12.6. The van der Waals surface area contributed by atoms with Gasteiger partial charge >= 0.3 is 5.97 Å². The Morgan fingerprint density at radius 3 is 2.81 bits per heavy atom. The zero-order valence-electron chi connectivity index (χ0n) is 18.0. The van der Waals surface area contributed by atoms with E-state index in [9.17, 15) is 14.7 Å². The molecule has 0 radical (unpaired) electrons. The third kappa shape index (κ3) is 3.87. The molecule has 2 aromatic rings. The molecule has 0 amide bonds. The number of fused-ring (bicyclic) bond motifs is 5. The van der Waals surface area contributed by atoms with Crippen LogP contribution < -0.4 is 19.6 Å². The fourth-order valence-corrected chi connectivity index (χ4v) is 4.16. The van der Waals surface area contributed by atoms with Crippen LogP contribution in [0.2, 0.25) is 0 Å². The Kier molecular flexibility index (Phi) is 5.91. The van der Waals surface area contributed by atoms with Gasteiger partial charge in [0.15, 0.2) is 16.9 Å². The summed E-state index contributed by atoms with van der Waals surface area (Å²) in [4.78, 5) is 24.2. The summed E-state index contributed by atoms with van der Waals surface area (Å²) < 4.78 is 25.0. The predicted molar refractivity (Wildman–Crippen MR) is 114 cm³/mol. The Bertz CT molecular complexity index is 1060. The number of hydrogen-bond acceptors (Lipinski definition) is 6. The molecule has 0 fully saturated rings. The number of hydrogen-bond donors (Lipinski definition) is 1. The van der Waals surface area contributed by atoms with Crippen LogP contribution in [0.1, 0.15) is 42.2 Å². The van der Waals surface area contributed by atoms with Gasteiger partial charge < -0.3 is 28.6 Å². The first-order valence-electron chi connectivity index (χ1n) is 10.5. The van der Waals surface area contributed by atoms with Crippen LogP contribution in [-0.4, -0.2) is 49.2 Å². The average molecular weight is 429 g/mol. The summed E-state index contributed by atoms with van der Waals surface area (Å²) in [6, 6.07) is 3.09. The molecule has 2 aliphatic rings. The van der Waals surface area contributed by atoms with Crippen LogP contribution in [0, 0.1) is 5.92 Å². The summed E-state index contributed by atoms with van der Waals surface area (Å²) in [5, 5.41) is 9.48. The van der Waals surface area contributed by atoms with E-state index < -0.39 is 11.4 Å². The second kappa shape index (κ2) is 8.63. The molecule has 0 bridgehead atoms. The number of aromatic nitrogens is 1. The van der Waals surface area contributed by atoms with Crippen LogP contribution >= 0.6 is 0 Å². The van der Waals surface area contributed by atoms with Crippen LogP contribution in [0.25, 0.3) is 11.3 Å². The Morgan fingerprint density at radius 2 is 2.10 bits per heavy atom. The number of methoxy groups -OCH3 is 1. The van der Waals surface area contributed by atoms with E-state index in [0.717, 1.165) is 17.5 Å². The van der Waals surface area contributed by atoms with E-state index in [1.54, 1.807) is 7.11 Å². The summed E-state index contributed by atoms with van der Waals surface area (Å²) in [6.07, 6.45) is 2.84. The van der Waals surface area contributed by atoms with Crippen LogP contribution in [0.4, 0.5) is 0 Å². The first kappa shape index (κ1) is 21.2. The monoisotopic (exact) mass is 429 g/mol. The molecular weight excluding hydrogens is 402 g/mol. The van der Waals surface area contributed by atoms with Gasteiger partial charge in [-0.1, -0.05) is 13.8 Å². The average Bonchev–Trinajstić information content (AvgIpc) is 3.15. The number of benzene rings is 1. The molecule has 0 unspecified atom stereocenters. The van der Waals surface area contributed by atoms with Crippen molar-refractivity contribution in [2.24, 2.45) is 5.92 Å². The van der Waals surface area contributed by atoms with Gasteiger partial charge in [0.2, 0.25) is 0 Å². The van der Waals surface area contributed by atoms with Crippen molar-refractivity contribution in [3.63, 3.8) is 0 Å². The van der Waals surface area contributed by atoms with Gasteiger partial charge in [-0.05, 0) is 5.92 Å². The quantitative estimate of drug-likeness (QED) is 0.676. The number of rotatable bonds is 7. The lowest BCUT2D eigenvalue weighted by molar-refractivity contribution is 0.0694. The highest BCUT2D eigenvalue weighted by Crippen LogP contribution is 2.49. The molecule has 0 spiro atoms. The molecule has 4 rings (SSSR count). The highest BCUT2D eigenvalue weighted by atomic mass is 16.5. The van der Waals surface area contributed by atoms with Gasteiger partial charge in [-0.2, -0.15) is 0 Å². The van der Waals surface area contributed by atoms with Crippen molar-refractivity contribution in [3.05, 3.63) is 39.7 Å². The van der Waals surface area contributed by atoms with Crippen molar-refractivity contribution < 1.29 is 28.8 Å². The maximum Gasteiger partial charge on any atom is 0.341 e. The molecule has 31 heavy (non-hydrogen) atoms. The molecule has 0 saturated carbocycles. The molecule has 8 nitrogen and oxygen atoms in total. The van der Waals surface area contributed by atoms with Gasteiger partial charge in [0.05, 0.1) is 24.9 Å². The molecule has 0 saturated heterocycles. The molecule has 8 heteroatoms. The second-order valence-electron chi connectivity index (χ2n) is 8.12. The molecule has 2 aliphatic heterocycles. The Labute approximate surface area is 180 Å². The molecule has 1 N–H and O–H groups in total. The summed E-state index contributed by atoms with van der Waals surface area (Å²) in [5.41, 5.74) is 1.56. The van der Waals surface area contributed by atoms with E-state index in [1.807, 2.05) is 24.5 Å². The Hall–Kier alpha value is -3.00. The lowest BCUT2D eigenvalue weighted by Gasteiger charge is -2.24. The lowest BCUT2D eigenvalue weighted by Crippen LogP contribution is -2.25. The van der Waals surface area contributed by atoms with Crippen molar-refractivity contribution >= 4 is 5.97 Å². The van der Waals surface area contributed by atoms with Crippen molar-refractivity contribution in [2.45, 2.75) is 32.7 Å². The molecule has 3 heterocycles. The highest BCUT2D eigenvalue weighted by molar-refractivity contribution is 5.88. The number of nitrogens with zero attached hydrogens (tertiary/aromatic N) is 1. The van der Waals surface area contributed by atoms with Crippen molar-refractivity contribution in [1.82, 2.24) is 4.57 Å². The fourth-order valence-electron chi connectivity index (χ4n) is 4.16. The zero-order chi connectivity index (χ0) is 22.1. The Morgan fingerprint density at radius 1 is 1.29 bits per heavy atom. The fraction of sp³-hybridized carbons (Fsp3) is 0.478. The van der Waals surface area contributed by atoms with E-state index in [2.05, 4.69) is 0 Å². The van der Waals surface area contributed by atoms with E-state index in [-0.39, 0.29) is 17.5 Å². The standard InChI is InChI=1S/C23H27NO7/c1-13(2)17-12-31-19-10-20(29-7-4-6-28-3)22-14(5-8-30-22)21(19)16-9-18(25)15(23(26)27)11-24(16)17/h9-11,13,17H,4-8,12H2,1-3H3,(H,26,27)/t17-/m1/s1. The topological polar surface area (TPSA) is 96.2 Å². The first-order chi connectivity index (χ1) is 14.9. The van der Waals surface area contributed by atoms with Crippen LogP contribution in [0.15, 0.2) is 23.1 Å². The minimum Gasteiger partial charge on any atom is -0.491 e. The SMILES string of the molecule is COCCCOc1cc2c(c3c1OCC3)-c1cc(=O)c(C(=O)O)cn1[C@@H](C(C)C)CO2. The zero-order valence-corrected chi connectivity index (χ0v) is 18.0. The van der Waals surface area contributed by atoms with E-state index >= 15 is 0 Å². The minimum absolute atomic E-state index is 0.134. The largest absolute Gasteiger partial charge is 0.491 e. The highest BCUT2D eigenvalue weighted by Gasteiger charge is 2.33. The summed E-state index contributed by atoms with van der Waals surface area (Å²) in [5.74, 6) is 0.809. The van der Waals surface area contributed by atoms with Crippen LogP contribution in [0.5, 0.6) is 17.2 Å². The number of aromatic carboxylic acids is 1. The predicted octanol–water partition coefficient (Wildman–Crippen LogP) is 3.15. The molecule has 1 aromatic carbocycles. The van der Waals surface area contributed by atoms with Crippen molar-refractivity contribution in [3.8, 4) is 28.5 Å². The van der Waals surface area contributed by atoms with E-state index in [1.165, 1.54) is 12.3 Å². The van der Waals surface area contributed by atoms with Gasteiger partial charge in [0, 0.05) is 56.0 Å². The van der Waals surface area contributed by atoms with Gasteiger partial charge in [-0.3, -0.25) is 4.79 Å². The molecule has 1 aromatic heterocycles. The summed E-state index contributed by atoms with van der Waals surface area (Å²) in [7, 11) is 1.65. The van der Waals surface area contributed by atoms with Gasteiger partial charge in [-0.25, -0.2) is 4.79 Å². The minimum atomic E-state index is -1.23. The maximum atomic E-state index is 12.6. The number of carboxylic acid groups (broad SMARTS) is 1. The normalized spacial score (nSPS) is 16.6. The van der Waals surface area contributed by atoms with Crippen molar-refractivity contribution in [2.75, 3.05) is 33.5 Å². The van der Waals surface area contributed by atoms with Crippen LogP contribution in [0.3, 0.4) is 0 Å². The third-order valence-electron chi connectivity index (χ3n) is 5.76. The molecule has 1 atom stereocenters. The number of ether oxygens (including phenoxy) is 4. The summed E-state index contributed by atoms with van der Waals surface area (Å²) in [6.45, 7) is 6.03. The number of pyridine rings is 1.